The lowest BCUT2D eigenvalue weighted by atomic mass is 9.82. The van der Waals surface area contributed by atoms with E-state index >= 15 is 0 Å². The Bertz CT molecular complexity index is 241. The van der Waals surface area contributed by atoms with E-state index < -0.39 is 17.4 Å². The molecule has 94 valence electrons. The summed E-state index contributed by atoms with van der Waals surface area (Å²) in [5.74, 6) is -1.26. The van der Waals surface area contributed by atoms with Gasteiger partial charge in [-0.3, -0.25) is 9.59 Å². The van der Waals surface area contributed by atoms with Gasteiger partial charge in [0.15, 0.2) is 5.41 Å². The first-order valence-corrected chi connectivity index (χ1v) is 5.81. The van der Waals surface area contributed by atoms with E-state index in [9.17, 15) is 9.59 Å². The summed E-state index contributed by atoms with van der Waals surface area (Å²) in [4.78, 5) is 22.9. The molecular weight excluding hydrogens is 208 g/mol. The van der Waals surface area contributed by atoms with Crippen LogP contribution in [0, 0.1) is 11.3 Å². The third kappa shape index (κ3) is 3.51. The van der Waals surface area contributed by atoms with E-state index in [0.29, 0.717) is 12.5 Å². The van der Waals surface area contributed by atoms with Crippen molar-refractivity contribution in [2.45, 2.75) is 47.0 Å². The number of carbonyl (C=O) groups excluding carboxylic acids is 1. The van der Waals surface area contributed by atoms with Crippen molar-refractivity contribution >= 4 is 11.9 Å². The topological polar surface area (TPSA) is 63.6 Å². The Hall–Kier alpha value is -1.06. The predicted molar refractivity (Wildman–Crippen MR) is 61.1 cm³/mol. The lowest BCUT2D eigenvalue weighted by Gasteiger charge is -2.24. The van der Waals surface area contributed by atoms with E-state index in [-0.39, 0.29) is 12.8 Å². The summed E-state index contributed by atoms with van der Waals surface area (Å²) in [5, 5.41) is 9.10. The van der Waals surface area contributed by atoms with E-state index in [1.54, 1.807) is 13.8 Å². The average Bonchev–Trinajstić information content (AvgIpc) is 2.19. The van der Waals surface area contributed by atoms with Gasteiger partial charge in [0.1, 0.15) is 0 Å². The maximum atomic E-state index is 11.7. The molecule has 0 amide bonds. The highest BCUT2D eigenvalue weighted by Gasteiger charge is 2.44. The van der Waals surface area contributed by atoms with Crippen molar-refractivity contribution < 1.29 is 19.4 Å². The van der Waals surface area contributed by atoms with Gasteiger partial charge in [-0.1, -0.05) is 27.7 Å². The Kier molecular flexibility index (Phi) is 6.08. The van der Waals surface area contributed by atoms with Crippen molar-refractivity contribution in [2.75, 3.05) is 6.61 Å². The molecule has 0 rings (SSSR count). The molecule has 0 aliphatic rings. The zero-order valence-corrected chi connectivity index (χ0v) is 10.6. The van der Waals surface area contributed by atoms with E-state index in [1.807, 2.05) is 13.8 Å². The Morgan fingerprint density at radius 1 is 1.25 bits per heavy atom. The van der Waals surface area contributed by atoms with Crippen LogP contribution in [0.3, 0.4) is 0 Å². The highest BCUT2D eigenvalue weighted by atomic mass is 16.5. The highest BCUT2D eigenvalue weighted by Crippen LogP contribution is 2.28. The van der Waals surface area contributed by atoms with Gasteiger partial charge >= 0.3 is 11.9 Å². The number of carboxylic acids is 1. The molecule has 16 heavy (non-hydrogen) atoms. The molecular formula is C12H22O4. The molecule has 0 saturated carbocycles. The van der Waals surface area contributed by atoms with Crippen LogP contribution in [0.25, 0.3) is 0 Å². The van der Waals surface area contributed by atoms with Gasteiger partial charge in [-0.25, -0.2) is 0 Å². The lowest BCUT2D eigenvalue weighted by molar-refractivity contribution is -0.169. The number of rotatable bonds is 7. The molecule has 0 aromatic heterocycles. The van der Waals surface area contributed by atoms with Crippen molar-refractivity contribution in [3.8, 4) is 0 Å². The molecule has 0 bridgehead atoms. The molecule has 0 fully saturated rings. The summed E-state index contributed by atoms with van der Waals surface area (Å²) >= 11 is 0. The van der Waals surface area contributed by atoms with Crippen molar-refractivity contribution in [2.24, 2.45) is 11.3 Å². The van der Waals surface area contributed by atoms with Crippen molar-refractivity contribution in [1.29, 1.82) is 0 Å². The molecule has 4 nitrogen and oxygen atoms in total. The van der Waals surface area contributed by atoms with Gasteiger partial charge < -0.3 is 9.84 Å². The fourth-order valence-corrected chi connectivity index (χ4v) is 1.45. The monoisotopic (exact) mass is 230 g/mol. The average molecular weight is 230 g/mol. The van der Waals surface area contributed by atoms with E-state index in [4.69, 9.17) is 9.84 Å². The zero-order valence-electron chi connectivity index (χ0n) is 10.6. The minimum absolute atomic E-state index is 0.263. The predicted octanol–water partition coefficient (Wildman–Crippen LogP) is 2.47. The van der Waals surface area contributed by atoms with Gasteiger partial charge in [-0.05, 0) is 25.2 Å². The maximum absolute atomic E-state index is 11.7. The lowest BCUT2D eigenvalue weighted by Crippen LogP contribution is -2.39. The summed E-state index contributed by atoms with van der Waals surface area (Å²) in [5.41, 5.74) is -1.36. The second-order valence-corrected chi connectivity index (χ2v) is 4.41. The number of carboxylic acid groups (broad SMARTS) is 1. The first-order valence-electron chi connectivity index (χ1n) is 5.81. The molecule has 1 N–H and O–H groups in total. The highest BCUT2D eigenvalue weighted by molar-refractivity contribution is 5.99. The largest absolute Gasteiger partial charge is 0.480 e. The number of carbonyl (C=O) groups is 2. The summed E-state index contributed by atoms with van der Waals surface area (Å²) in [6, 6.07) is 0. The van der Waals surface area contributed by atoms with Crippen LogP contribution < -0.4 is 0 Å². The SMILES string of the molecule is CCC(CC)(C(=O)O)C(=O)OCCC(C)C. The normalized spacial score (nSPS) is 11.6. The Morgan fingerprint density at radius 2 is 1.75 bits per heavy atom. The van der Waals surface area contributed by atoms with E-state index in [0.717, 1.165) is 6.42 Å². The van der Waals surface area contributed by atoms with Crippen molar-refractivity contribution in [1.82, 2.24) is 0 Å². The molecule has 0 radical (unpaired) electrons. The van der Waals surface area contributed by atoms with Crippen LogP contribution >= 0.6 is 0 Å². The van der Waals surface area contributed by atoms with Gasteiger partial charge in [-0.2, -0.15) is 0 Å². The molecule has 0 aliphatic carbocycles. The number of aliphatic carboxylic acids is 1. The maximum Gasteiger partial charge on any atom is 0.323 e. The van der Waals surface area contributed by atoms with Gasteiger partial charge in [0, 0.05) is 0 Å². The molecule has 0 saturated heterocycles. The molecule has 0 heterocycles. The van der Waals surface area contributed by atoms with E-state index in [1.165, 1.54) is 0 Å². The molecule has 0 unspecified atom stereocenters. The smallest absolute Gasteiger partial charge is 0.323 e. The van der Waals surface area contributed by atoms with Crippen LogP contribution in [0.15, 0.2) is 0 Å². The van der Waals surface area contributed by atoms with Crippen LogP contribution in [0.5, 0.6) is 0 Å². The first-order chi connectivity index (χ1) is 7.40. The Labute approximate surface area is 97.0 Å². The van der Waals surface area contributed by atoms with Gasteiger partial charge in [0.2, 0.25) is 0 Å². The number of hydrogen-bond acceptors (Lipinski definition) is 3. The molecule has 0 aromatic carbocycles. The second-order valence-electron chi connectivity index (χ2n) is 4.41. The summed E-state index contributed by atoms with van der Waals surface area (Å²) in [7, 11) is 0. The number of hydrogen-bond donors (Lipinski definition) is 1. The third-order valence-electron chi connectivity index (χ3n) is 2.94. The second kappa shape index (κ2) is 6.51. The van der Waals surface area contributed by atoms with Crippen LogP contribution in [-0.2, 0) is 14.3 Å². The standard InChI is InChI=1S/C12H22O4/c1-5-12(6-2,10(13)14)11(15)16-8-7-9(3)4/h9H,5-8H2,1-4H3,(H,13,14). The van der Waals surface area contributed by atoms with Crippen molar-refractivity contribution in [3.63, 3.8) is 0 Å². The minimum atomic E-state index is -1.36. The molecule has 0 spiro atoms. The van der Waals surface area contributed by atoms with Gasteiger partial charge in [-0.15, -0.1) is 0 Å². The number of ether oxygens (including phenoxy) is 1. The molecule has 0 atom stereocenters. The molecule has 4 heteroatoms. The minimum Gasteiger partial charge on any atom is -0.480 e. The summed E-state index contributed by atoms with van der Waals surface area (Å²) in [6.07, 6.45) is 1.29. The van der Waals surface area contributed by atoms with Crippen LogP contribution in [-0.4, -0.2) is 23.7 Å². The fraction of sp³-hybridized carbons (Fsp3) is 0.833. The summed E-state index contributed by atoms with van der Waals surface area (Å²) < 4.78 is 5.04. The first kappa shape index (κ1) is 14.9. The zero-order chi connectivity index (χ0) is 12.8. The molecule has 0 aromatic rings. The number of esters is 1. The van der Waals surface area contributed by atoms with E-state index in [2.05, 4.69) is 0 Å². The Balaban J connectivity index is 4.46. The van der Waals surface area contributed by atoms with Crippen LogP contribution in [0.1, 0.15) is 47.0 Å². The van der Waals surface area contributed by atoms with Crippen LogP contribution in [0.4, 0.5) is 0 Å². The van der Waals surface area contributed by atoms with Gasteiger partial charge in [0.25, 0.3) is 0 Å². The summed E-state index contributed by atoms with van der Waals surface area (Å²) in [6.45, 7) is 7.74. The quantitative estimate of drug-likeness (QED) is 0.539. The third-order valence-corrected chi connectivity index (χ3v) is 2.94. The fourth-order valence-electron chi connectivity index (χ4n) is 1.45. The molecule has 0 aliphatic heterocycles. The van der Waals surface area contributed by atoms with Crippen LogP contribution in [0.2, 0.25) is 0 Å². The van der Waals surface area contributed by atoms with Gasteiger partial charge in [0.05, 0.1) is 6.61 Å². The van der Waals surface area contributed by atoms with Crippen molar-refractivity contribution in [3.05, 3.63) is 0 Å². The Morgan fingerprint density at radius 3 is 2.06 bits per heavy atom.